The molecular weight excluding hydrogens is 176 g/mol. The molecule has 0 aliphatic heterocycles. The van der Waals surface area contributed by atoms with E-state index in [9.17, 15) is 0 Å². The minimum absolute atomic E-state index is 0.270. The number of nitrogen functional groups attached to an aromatic ring is 1. The molecule has 0 saturated heterocycles. The zero-order valence-electron chi connectivity index (χ0n) is 7.36. The molecule has 0 bridgehead atoms. The smallest absolute Gasteiger partial charge is 0.141 e. The fourth-order valence-corrected chi connectivity index (χ4v) is 1.33. The van der Waals surface area contributed by atoms with Gasteiger partial charge < -0.3 is 10.7 Å². The van der Waals surface area contributed by atoms with E-state index in [1.807, 2.05) is 12.3 Å². The number of pyridine rings is 1. The molecule has 2 aromatic heterocycles. The summed E-state index contributed by atoms with van der Waals surface area (Å²) >= 11 is 0. The highest BCUT2D eigenvalue weighted by atomic mass is 14.8. The van der Waals surface area contributed by atoms with Crippen LogP contribution in [0.4, 0.5) is 5.82 Å². The molecule has 0 saturated carbocycles. The van der Waals surface area contributed by atoms with Crippen LogP contribution in [0.1, 0.15) is 5.56 Å². The van der Waals surface area contributed by atoms with Crippen LogP contribution in [-0.2, 0) is 0 Å². The van der Waals surface area contributed by atoms with Crippen LogP contribution >= 0.6 is 0 Å². The Labute approximate surface area is 81.0 Å². The van der Waals surface area contributed by atoms with Gasteiger partial charge >= 0.3 is 0 Å². The number of hydrogen-bond acceptors (Lipinski definition) is 3. The Balaban J connectivity index is 2.66. The Morgan fingerprint density at radius 2 is 2.29 bits per heavy atom. The first-order valence-electron chi connectivity index (χ1n) is 4.10. The Kier molecular flexibility index (Phi) is 1.92. The summed E-state index contributed by atoms with van der Waals surface area (Å²) in [6, 6.07) is 5.71. The lowest BCUT2D eigenvalue weighted by Gasteiger charge is -2.02. The van der Waals surface area contributed by atoms with Crippen molar-refractivity contribution in [2.45, 2.75) is 0 Å². The zero-order chi connectivity index (χ0) is 9.97. The molecular formula is C10H8N4. The lowest BCUT2D eigenvalue weighted by Crippen LogP contribution is -1.95. The lowest BCUT2D eigenvalue weighted by molar-refractivity contribution is 1.31. The van der Waals surface area contributed by atoms with Crippen molar-refractivity contribution in [2.75, 3.05) is 5.73 Å². The number of nitrogens with two attached hydrogens (primary N) is 1. The maximum atomic E-state index is 8.92. The number of nitrogens with zero attached hydrogens (tertiary/aromatic N) is 2. The average molecular weight is 184 g/mol. The zero-order valence-corrected chi connectivity index (χ0v) is 7.36. The van der Waals surface area contributed by atoms with Crippen LogP contribution in [0.15, 0.2) is 30.7 Å². The molecule has 2 rings (SSSR count). The SMILES string of the molecule is N#Cc1c(-c2cc[nH]c2)ccnc1N. The third-order valence-electron chi connectivity index (χ3n) is 2.00. The fourth-order valence-electron chi connectivity index (χ4n) is 1.33. The standard InChI is InChI=1S/C10H8N4/c11-5-9-8(2-4-14-10(9)12)7-1-3-13-6-7/h1-4,6,13H,(H2,12,14). The fraction of sp³-hybridized carbons (Fsp3) is 0. The van der Waals surface area contributed by atoms with Gasteiger partial charge in [0.1, 0.15) is 17.5 Å². The number of rotatable bonds is 1. The number of hydrogen-bond donors (Lipinski definition) is 2. The number of H-pyrrole nitrogens is 1. The highest BCUT2D eigenvalue weighted by Gasteiger charge is 2.08. The quantitative estimate of drug-likeness (QED) is 0.705. The summed E-state index contributed by atoms with van der Waals surface area (Å²) in [6.07, 6.45) is 5.21. The normalized spacial score (nSPS) is 9.64. The molecule has 0 aromatic carbocycles. The molecule has 0 unspecified atom stereocenters. The van der Waals surface area contributed by atoms with Gasteiger partial charge in [-0.15, -0.1) is 0 Å². The second kappa shape index (κ2) is 3.23. The molecule has 0 spiro atoms. The summed E-state index contributed by atoms with van der Waals surface area (Å²) in [5.74, 6) is 0.270. The Morgan fingerprint density at radius 3 is 2.93 bits per heavy atom. The summed E-state index contributed by atoms with van der Waals surface area (Å²) < 4.78 is 0. The largest absolute Gasteiger partial charge is 0.383 e. The van der Waals surface area contributed by atoms with Crippen molar-refractivity contribution >= 4 is 5.82 Å². The second-order valence-electron chi connectivity index (χ2n) is 2.83. The summed E-state index contributed by atoms with van der Waals surface area (Å²) in [7, 11) is 0. The summed E-state index contributed by atoms with van der Waals surface area (Å²) in [6.45, 7) is 0. The van der Waals surface area contributed by atoms with Crippen LogP contribution < -0.4 is 5.73 Å². The van der Waals surface area contributed by atoms with Gasteiger partial charge in [0.2, 0.25) is 0 Å². The van der Waals surface area contributed by atoms with E-state index < -0.39 is 0 Å². The van der Waals surface area contributed by atoms with Gasteiger partial charge in [-0.05, 0) is 12.1 Å². The Morgan fingerprint density at radius 1 is 1.43 bits per heavy atom. The maximum absolute atomic E-state index is 8.92. The van der Waals surface area contributed by atoms with E-state index in [-0.39, 0.29) is 5.82 Å². The predicted octanol–water partition coefficient (Wildman–Crippen LogP) is 1.53. The minimum atomic E-state index is 0.270. The van der Waals surface area contributed by atoms with E-state index in [0.717, 1.165) is 11.1 Å². The number of nitrogens with one attached hydrogen (secondary N) is 1. The van der Waals surface area contributed by atoms with Crippen LogP contribution in [0.5, 0.6) is 0 Å². The molecule has 14 heavy (non-hydrogen) atoms. The van der Waals surface area contributed by atoms with Gasteiger partial charge in [-0.3, -0.25) is 0 Å². The lowest BCUT2D eigenvalue weighted by atomic mass is 10.1. The van der Waals surface area contributed by atoms with Gasteiger partial charge in [-0.25, -0.2) is 4.98 Å². The van der Waals surface area contributed by atoms with Crippen molar-refractivity contribution in [3.05, 3.63) is 36.3 Å². The summed E-state index contributed by atoms with van der Waals surface area (Å²) in [4.78, 5) is 6.79. The molecule has 0 aliphatic rings. The summed E-state index contributed by atoms with van der Waals surface area (Å²) in [5, 5.41) is 8.92. The molecule has 0 amide bonds. The second-order valence-corrected chi connectivity index (χ2v) is 2.83. The number of nitriles is 1. The first-order chi connectivity index (χ1) is 6.83. The molecule has 2 heterocycles. The predicted molar refractivity (Wildman–Crippen MR) is 53.2 cm³/mol. The van der Waals surface area contributed by atoms with Gasteiger partial charge in [-0.2, -0.15) is 5.26 Å². The molecule has 4 heteroatoms. The molecule has 0 radical (unpaired) electrons. The topological polar surface area (TPSA) is 78.5 Å². The highest BCUT2D eigenvalue weighted by Crippen LogP contribution is 2.24. The van der Waals surface area contributed by atoms with E-state index >= 15 is 0 Å². The van der Waals surface area contributed by atoms with Crippen molar-refractivity contribution in [3.63, 3.8) is 0 Å². The monoisotopic (exact) mass is 184 g/mol. The van der Waals surface area contributed by atoms with Crippen molar-refractivity contribution in [1.29, 1.82) is 5.26 Å². The molecule has 3 N–H and O–H groups in total. The van der Waals surface area contributed by atoms with Crippen molar-refractivity contribution in [3.8, 4) is 17.2 Å². The third-order valence-corrected chi connectivity index (χ3v) is 2.00. The van der Waals surface area contributed by atoms with Crippen LogP contribution in [0.2, 0.25) is 0 Å². The van der Waals surface area contributed by atoms with E-state index in [2.05, 4.69) is 16.0 Å². The first-order valence-corrected chi connectivity index (χ1v) is 4.10. The molecule has 0 fully saturated rings. The van der Waals surface area contributed by atoms with Crippen LogP contribution in [0, 0.1) is 11.3 Å². The van der Waals surface area contributed by atoms with Crippen LogP contribution in [0.25, 0.3) is 11.1 Å². The molecule has 4 nitrogen and oxygen atoms in total. The number of aromatic amines is 1. The van der Waals surface area contributed by atoms with E-state index in [1.165, 1.54) is 0 Å². The molecule has 2 aromatic rings. The van der Waals surface area contributed by atoms with Crippen molar-refractivity contribution in [2.24, 2.45) is 0 Å². The Bertz CT molecular complexity index is 479. The maximum Gasteiger partial charge on any atom is 0.141 e. The van der Waals surface area contributed by atoms with E-state index in [1.54, 1.807) is 18.5 Å². The van der Waals surface area contributed by atoms with Crippen molar-refractivity contribution in [1.82, 2.24) is 9.97 Å². The number of anilines is 1. The van der Waals surface area contributed by atoms with Gasteiger partial charge in [-0.1, -0.05) is 0 Å². The van der Waals surface area contributed by atoms with Crippen molar-refractivity contribution < 1.29 is 0 Å². The Hall–Kier alpha value is -2.28. The van der Waals surface area contributed by atoms with E-state index in [0.29, 0.717) is 5.56 Å². The van der Waals surface area contributed by atoms with Crippen LogP contribution in [0.3, 0.4) is 0 Å². The minimum Gasteiger partial charge on any atom is -0.383 e. The average Bonchev–Trinajstić information content (AvgIpc) is 2.70. The highest BCUT2D eigenvalue weighted by molar-refractivity contribution is 5.74. The van der Waals surface area contributed by atoms with Gasteiger partial charge in [0.25, 0.3) is 0 Å². The molecule has 0 atom stereocenters. The van der Waals surface area contributed by atoms with Gasteiger partial charge in [0.15, 0.2) is 0 Å². The van der Waals surface area contributed by atoms with Crippen LogP contribution in [-0.4, -0.2) is 9.97 Å². The molecule has 68 valence electrons. The third kappa shape index (κ3) is 1.21. The number of aromatic nitrogens is 2. The van der Waals surface area contributed by atoms with E-state index in [4.69, 9.17) is 11.0 Å². The first kappa shape index (κ1) is 8.32. The molecule has 0 aliphatic carbocycles. The summed E-state index contributed by atoms with van der Waals surface area (Å²) in [5.41, 5.74) is 7.76. The van der Waals surface area contributed by atoms with Gasteiger partial charge in [0.05, 0.1) is 0 Å². The van der Waals surface area contributed by atoms with Gasteiger partial charge in [0, 0.05) is 29.7 Å².